The van der Waals surface area contributed by atoms with E-state index in [-0.39, 0.29) is 6.04 Å². The zero-order valence-electron chi connectivity index (χ0n) is 9.62. The minimum Gasteiger partial charge on any atom is -0.497 e. The van der Waals surface area contributed by atoms with Crippen molar-refractivity contribution < 1.29 is 9.47 Å². The third kappa shape index (κ3) is 3.44. The molecule has 0 heterocycles. The van der Waals surface area contributed by atoms with E-state index >= 15 is 0 Å². The normalized spacial score (nSPS) is 12.3. The van der Waals surface area contributed by atoms with Gasteiger partial charge in [0, 0.05) is 6.04 Å². The number of methoxy groups -OCH3 is 2. The van der Waals surface area contributed by atoms with Crippen molar-refractivity contribution in [2.75, 3.05) is 14.2 Å². The third-order valence-electron chi connectivity index (χ3n) is 2.36. The van der Waals surface area contributed by atoms with E-state index in [1.54, 1.807) is 14.2 Å². The van der Waals surface area contributed by atoms with Crippen LogP contribution in [0.4, 0.5) is 0 Å². The van der Waals surface area contributed by atoms with Crippen LogP contribution in [0.5, 0.6) is 11.5 Å². The second-order valence-electron chi connectivity index (χ2n) is 3.69. The van der Waals surface area contributed by atoms with Gasteiger partial charge in [-0.25, -0.2) is 0 Å². The quantitative estimate of drug-likeness (QED) is 0.806. The molecular formula is C12H19NO2. The number of hydrogen-bond donors (Lipinski definition) is 1. The van der Waals surface area contributed by atoms with E-state index in [0.717, 1.165) is 29.9 Å². The Morgan fingerprint density at radius 1 is 1.27 bits per heavy atom. The summed E-state index contributed by atoms with van der Waals surface area (Å²) >= 11 is 0. The average Bonchev–Trinajstić information content (AvgIpc) is 2.25. The van der Waals surface area contributed by atoms with Gasteiger partial charge in [-0.1, -0.05) is 0 Å². The van der Waals surface area contributed by atoms with Crippen molar-refractivity contribution >= 4 is 0 Å². The maximum absolute atomic E-state index is 5.73. The number of hydrogen-bond acceptors (Lipinski definition) is 3. The molecule has 3 heteroatoms. The van der Waals surface area contributed by atoms with Crippen LogP contribution >= 0.6 is 0 Å². The third-order valence-corrected chi connectivity index (χ3v) is 2.36. The minimum absolute atomic E-state index is 0.209. The highest BCUT2D eigenvalue weighted by molar-refractivity contribution is 5.40. The Balaban J connectivity index is 2.81. The molecule has 0 aliphatic carbocycles. The van der Waals surface area contributed by atoms with Crippen molar-refractivity contribution in [3.05, 3.63) is 23.8 Å². The molecule has 3 nitrogen and oxygen atoms in total. The van der Waals surface area contributed by atoms with Crippen LogP contribution in [0.25, 0.3) is 0 Å². The Bertz CT molecular complexity index is 310. The van der Waals surface area contributed by atoms with E-state index in [1.807, 2.05) is 25.1 Å². The van der Waals surface area contributed by atoms with Gasteiger partial charge in [-0.2, -0.15) is 0 Å². The van der Waals surface area contributed by atoms with E-state index in [0.29, 0.717) is 0 Å². The van der Waals surface area contributed by atoms with Gasteiger partial charge in [0.25, 0.3) is 0 Å². The summed E-state index contributed by atoms with van der Waals surface area (Å²) in [4.78, 5) is 0. The smallest absolute Gasteiger partial charge is 0.122 e. The highest BCUT2D eigenvalue weighted by Crippen LogP contribution is 2.25. The molecule has 84 valence electrons. The summed E-state index contributed by atoms with van der Waals surface area (Å²) in [7, 11) is 3.34. The van der Waals surface area contributed by atoms with E-state index in [1.165, 1.54) is 0 Å². The molecule has 0 fully saturated rings. The van der Waals surface area contributed by atoms with Crippen molar-refractivity contribution in [2.24, 2.45) is 5.73 Å². The highest BCUT2D eigenvalue weighted by atomic mass is 16.5. The Morgan fingerprint density at radius 3 is 2.53 bits per heavy atom. The zero-order valence-corrected chi connectivity index (χ0v) is 9.62. The molecule has 1 unspecified atom stereocenters. The Morgan fingerprint density at radius 2 is 2.00 bits per heavy atom. The molecule has 15 heavy (non-hydrogen) atoms. The van der Waals surface area contributed by atoms with Crippen LogP contribution in [0.2, 0.25) is 0 Å². The van der Waals surface area contributed by atoms with Crippen LogP contribution in [0.15, 0.2) is 18.2 Å². The second-order valence-corrected chi connectivity index (χ2v) is 3.69. The van der Waals surface area contributed by atoms with Gasteiger partial charge in [-0.3, -0.25) is 0 Å². The van der Waals surface area contributed by atoms with Crippen LogP contribution in [0.1, 0.15) is 18.9 Å². The molecule has 0 aliphatic heterocycles. The van der Waals surface area contributed by atoms with Gasteiger partial charge in [0.2, 0.25) is 0 Å². The average molecular weight is 209 g/mol. The van der Waals surface area contributed by atoms with Gasteiger partial charge >= 0.3 is 0 Å². The van der Waals surface area contributed by atoms with Crippen molar-refractivity contribution in [1.29, 1.82) is 0 Å². The summed E-state index contributed by atoms with van der Waals surface area (Å²) in [5.41, 5.74) is 6.88. The van der Waals surface area contributed by atoms with E-state index in [2.05, 4.69) is 0 Å². The van der Waals surface area contributed by atoms with Crippen LogP contribution < -0.4 is 15.2 Å². The summed E-state index contributed by atoms with van der Waals surface area (Å²) < 4.78 is 10.5. The molecule has 0 saturated heterocycles. The van der Waals surface area contributed by atoms with Crippen LogP contribution in [-0.4, -0.2) is 20.3 Å². The van der Waals surface area contributed by atoms with Crippen LogP contribution in [0, 0.1) is 0 Å². The number of ether oxygens (including phenoxy) is 2. The number of aryl methyl sites for hydroxylation is 1. The van der Waals surface area contributed by atoms with Crippen LogP contribution in [0.3, 0.4) is 0 Å². The maximum atomic E-state index is 5.73. The summed E-state index contributed by atoms with van der Waals surface area (Å²) in [6, 6.07) is 6.03. The minimum atomic E-state index is 0.209. The fourth-order valence-corrected chi connectivity index (χ4v) is 1.46. The first-order chi connectivity index (χ1) is 7.17. The monoisotopic (exact) mass is 209 g/mol. The predicted molar refractivity (Wildman–Crippen MR) is 61.5 cm³/mol. The molecule has 0 spiro atoms. The van der Waals surface area contributed by atoms with Crippen molar-refractivity contribution in [1.82, 2.24) is 0 Å². The lowest BCUT2D eigenvalue weighted by Crippen LogP contribution is -2.15. The molecule has 0 bridgehead atoms. The van der Waals surface area contributed by atoms with Gasteiger partial charge in [0.1, 0.15) is 11.5 Å². The lowest BCUT2D eigenvalue weighted by molar-refractivity contribution is 0.398. The number of nitrogens with two attached hydrogens (primary N) is 1. The summed E-state index contributed by atoms with van der Waals surface area (Å²) in [6.45, 7) is 2.01. The molecule has 2 N–H and O–H groups in total. The highest BCUT2D eigenvalue weighted by Gasteiger charge is 2.05. The Hall–Kier alpha value is -1.22. The fraction of sp³-hybridized carbons (Fsp3) is 0.500. The van der Waals surface area contributed by atoms with Crippen LogP contribution in [-0.2, 0) is 6.42 Å². The first-order valence-electron chi connectivity index (χ1n) is 5.14. The van der Waals surface area contributed by atoms with Crippen molar-refractivity contribution in [3.8, 4) is 11.5 Å². The van der Waals surface area contributed by atoms with E-state index < -0.39 is 0 Å². The first-order valence-corrected chi connectivity index (χ1v) is 5.14. The lowest BCUT2D eigenvalue weighted by Gasteiger charge is -2.11. The van der Waals surface area contributed by atoms with Gasteiger partial charge < -0.3 is 15.2 Å². The molecule has 0 amide bonds. The molecular weight excluding hydrogens is 190 g/mol. The van der Waals surface area contributed by atoms with Gasteiger partial charge in [0.05, 0.1) is 14.2 Å². The lowest BCUT2D eigenvalue weighted by atomic mass is 10.1. The van der Waals surface area contributed by atoms with Crippen molar-refractivity contribution in [2.45, 2.75) is 25.8 Å². The predicted octanol–water partition coefficient (Wildman–Crippen LogP) is 1.98. The molecule has 1 atom stereocenters. The number of benzene rings is 1. The molecule has 1 rings (SSSR count). The van der Waals surface area contributed by atoms with Gasteiger partial charge in [-0.05, 0) is 43.5 Å². The Labute approximate surface area is 91.2 Å². The van der Waals surface area contributed by atoms with E-state index in [9.17, 15) is 0 Å². The molecule has 1 aromatic carbocycles. The zero-order chi connectivity index (χ0) is 11.3. The maximum Gasteiger partial charge on any atom is 0.122 e. The van der Waals surface area contributed by atoms with Gasteiger partial charge in [0.15, 0.2) is 0 Å². The SMILES string of the molecule is COc1ccc(OC)c(CCC(C)N)c1. The number of rotatable bonds is 5. The summed E-state index contributed by atoms with van der Waals surface area (Å²) in [5, 5.41) is 0. The standard InChI is InChI=1S/C12H19NO2/c1-9(13)4-5-10-8-11(14-2)6-7-12(10)15-3/h6-9H,4-5,13H2,1-3H3. The second kappa shape index (κ2) is 5.61. The summed E-state index contributed by atoms with van der Waals surface area (Å²) in [5.74, 6) is 1.76. The molecule has 1 aromatic rings. The van der Waals surface area contributed by atoms with Crippen molar-refractivity contribution in [3.63, 3.8) is 0 Å². The molecule has 0 radical (unpaired) electrons. The van der Waals surface area contributed by atoms with E-state index in [4.69, 9.17) is 15.2 Å². The summed E-state index contributed by atoms with van der Waals surface area (Å²) in [6.07, 6.45) is 1.86. The van der Waals surface area contributed by atoms with Gasteiger partial charge in [-0.15, -0.1) is 0 Å². The molecule has 0 aromatic heterocycles. The molecule has 0 aliphatic rings. The topological polar surface area (TPSA) is 44.5 Å². The Kier molecular flexibility index (Phi) is 4.43. The first kappa shape index (κ1) is 11.9. The molecule has 0 saturated carbocycles. The largest absolute Gasteiger partial charge is 0.497 e. The fourth-order valence-electron chi connectivity index (χ4n) is 1.46.